The van der Waals surface area contributed by atoms with Gasteiger partial charge >= 0.3 is 0 Å². The Morgan fingerprint density at radius 2 is 1.92 bits per heavy atom. The van der Waals surface area contributed by atoms with E-state index in [1.54, 1.807) is 7.11 Å². The molecule has 0 amide bonds. The second-order valence-electron chi connectivity index (χ2n) is 5.35. The van der Waals surface area contributed by atoms with Gasteiger partial charge in [-0.25, -0.2) is 4.98 Å². The molecule has 1 N–H and O–H groups in total. The highest BCUT2D eigenvalue weighted by Crippen LogP contribution is 2.23. The second-order valence-corrected chi connectivity index (χ2v) is 5.71. The standard InChI is InChI=1S/C19H19ClN2O2/c1-23-9-10-24-17-7-4-6-16(12-17)21-13-15-11-14-5-2-3-8-18(14)22-19(15)20/h2-8,11-12,21H,9-10,13H2,1H3. The molecule has 1 heterocycles. The van der Waals surface area contributed by atoms with Gasteiger partial charge in [0.25, 0.3) is 0 Å². The average Bonchev–Trinajstić information content (AvgIpc) is 2.60. The van der Waals surface area contributed by atoms with Crippen LogP contribution >= 0.6 is 11.6 Å². The SMILES string of the molecule is COCCOc1cccc(NCc2cc3ccccc3nc2Cl)c1. The predicted molar refractivity (Wildman–Crippen MR) is 97.9 cm³/mol. The Balaban J connectivity index is 1.69. The van der Waals surface area contributed by atoms with Crippen LogP contribution in [0.3, 0.4) is 0 Å². The summed E-state index contributed by atoms with van der Waals surface area (Å²) in [5, 5.41) is 4.96. The summed E-state index contributed by atoms with van der Waals surface area (Å²) >= 11 is 6.30. The van der Waals surface area contributed by atoms with E-state index in [1.165, 1.54) is 0 Å². The number of fused-ring (bicyclic) bond motifs is 1. The molecule has 0 radical (unpaired) electrons. The lowest BCUT2D eigenvalue weighted by atomic mass is 10.1. The van der Waals surface area contributed by atoms with E-state index >= 15 is 0 Å². The number of rotatable bonds is 7. The van der Waals surface area contributed by atoms with Crippen LogP contribution in [-0.2, 0) is 11.3 Å². The minimum absolute atomic E-state index is 0.522. The van der Waals surface area contributed by atoms with Gasteiger partial charge in [0.05, 0.1) is 12.1 Å². The highest BCUT2D eigenvalue weighted by atomic mass is 35.5. The first kappa shape index (κ1) is 16.6. The molecule has 0 bridgehead atoms. The number of aromatic nitrogens is 1. The third kappa shape index (κ3) is 4.16. The Kier molecular flexibility index (Phi) is 5.51. The summed E-state index contributed by atoms with van der Waals surface area (Å²) in [6.07, 6.45) is 0. The largest absolute Gasteiger partial charge is 0.491 e. The number of anilines is 1. The lowest BCUT2D eigenvalue weighted by Gasteiger charge is -2.11. The van der Waals surface area contributed by atoms with E-state index < -0.39 is 0 Å². The Bertz CT molecular complexity index is 823. The first-order valence-corrected chi connectivity index (χ1v) is 8.14. The summed E-state index contributed by atoms with van der Waals surface area (Å²) in [6.45, 7) is 1.69. The molecule has 124 valence electrons. The van der Waals surface area contributed by atoms with Crippen molar-refractivity contribution in [1.82, 2.24) is 4.98 Å². The van der Waals surface area contributed by atoms with Gasteiger partial charge in [-0.05, 0) is 24.3 Å². The average molecular weight is 343 g/mol. The number of para-hydroxylation sites is 1. The molecule has 2 aromatic carbocycles. The summed E-state index contributed by atoms with van der Waals surface area (Å²) in [4.78, 5) is 4.44. The van der Waals surface area contributed by atoms with Gasteiger partial charge < -0.3 is 14.8 Å². The van der Waals surface area contributed by atoms with Crippen molar-refractivity contribution in [2.24, 2.45) is 0 Å². The number of ether oxygens (including phenoxy) is 2. The Labute approximate surface area is 146 Å². The third-order valence-electron chi connectivity index (χ3n) is 3.62. The highest BCUT2D eigenvalue weighted by molar-refractivity contribution is 6.30. The summed E-state index contributed by atoms with van der Waals surface area (Å²) in [7, 11) is 1.66. The molecule has 0 saturated heterocycles. The first-order chi connectivity index (χ1) is 11.8. The van der Waals surface area contributed by atoms with Gasteiger partial charge in [-0.1, -0.05) is 35.9 Å². The van der Waals surface area contributed by atoms with E-state index in [9.17, 15) is 0 Å². The maximum absolute atomic E-state index is 6.30. The zero-order valence-corrected chi connectivity index (χ0v) is 14.2. The molecule has 0 aliphatic carbocycles. The Morgan fingerprint density at radius 3 is 2.79 bits per heavy atom. The van der Waals surface area contributed by atoms with Crippen molar-refractivity contribution < 1.29 is 9.47 Å². The lowest BCUT2D eigenvalue weighted by molar-refractivity contribution is 0.146. The fourth-order valence-corrected chi connectivity index (χ4v) is 2.61. The van der Waals surface area contributed by atoms with Crippen LogP contribution in [0.15, 0.2) is 54.6 Å². The molecule has 0 aliphatic heterocycles. The molecule has 0 atom stereocenters. The van der Waals surface area contributed by atoms with Gasteiger partial charge in [-0.3, -0.25) is 0 Å². The molecule has 0 unspecified atom stereocenters. The number of hydrogen-bond donors (Lipinski definition) is 1. The van der Waals surface area contributed by atoms with Gasteiger partial charge in [0.15, 0.2) is 0 Å². The van der Waals surface area contributed by atoms with Crippen molar-refractivity contribution in [3.05, 3.63) is 65.3 Å². The minimum atomic E-state index is 0.522. The summed E-state index contributed by atoms with van der Waals surface area (Å²) in [6, 6.07) is 17.8. The van der Waals surface area contributed by atoms with E-state index in [0.29, 0.717) is 24.9 Å². The number of nitrogens with zero attached hydrogens (tertiary/aromatic N) is 1. The molecule has 3 aromatic rings. The van der Waals surface area contributed by atoms with Crippen LogP contribution in [-0.4, -0.2) is 25.3 Å². The second kappa shape index (κ2) is 7.99. The molecule has 3 rings (SSSR count). The quantitative estimate of drug-likeness (QED) is 0.506. The van der Waals surface area contributed by atoms with Gasteiger partial charge in [-0.15, -0.1) is 0 Å². The molecule has 0 saturated carbocycles. The van der Waals surface area contributed by atoms with E-state index in [0.717, 1.165) is 27.9 Å². The van der Waals surface area contributed by atoms with Crippen molar-refractivity contribution in [1.29, 1.82) is 0 Å². The fraction of sp³-hybridized carbons (Fsp3) is 0.211. The monoisotopic (exact) mass is 342 g/mol. The number of halogens is 1. The molecular weight excluding hydrogens is 324 g/mol. The smallest absolute Gasteiger partial charge is 0.134 e. The molecule has 0 spiro atoms. The minimum Gasteiger partial charge on any atom is -0.491 e. The van der Waals surface area contributed by atoms with Crippen molar-refractivity contribution in [3.63, 3.8) is 0 Å². The van der Waals surface area contributed by atoms with E-state index in [4.69, 9.17) is 21.1 Å². The Hall–Kier alpha value is -2.30. The zero-order chi connectivity index (χ0) is 16.8. The van der Waals surface area contributed by atoms with Crippen LogP contribution in [0.4, 0.5) is 5.69 Å². The van der Waals surface area contributed by atoms with Crippen LogP contribution in [0.2, 0.25) is 5.15 Å². The van der Waals surface area contributed by atoms with Crippen LogP contribution in [0.25, 0.3) is 10.9 Å². The fourth-order valence-electron chi connectivity index (χ4n) is 2.40. The molecule has 1 aromatic heterocycles. The molecule has 0 fully saturated rings. The van der Waals surface area contributed by atoms with E-state index in [2.05, 4.69) is 16.4 Å². The summed E-state index contributed by atoms with van der Waals surface area (Å²) in [5.74, 6) is 0.805. The van der Waals surface area contributed by atoms with Crippen molar-refractivity contribution in [2.75, 3.05) is 25.6 Å². The van der Waals surface area contributed by atoms with Gasteiger partial charge in [0.1, 0.15) is 17.5 Å². The lowest BCUT2D eigenvalue weighted by Crippen LogP contribution is -2.05. The zero-order valence-electron chi connectivity index (χ0n) is 13.5. The number of benzene rings is 2. The van der Waals surface area contributed by atoms with Gasteiger partial charge in [0, 0.05) is 36.4 Å². The number of hydrogen-bond acceptors (Lipinski definition) is 4. The molecule has 24 heavy (non-hydrogen) atoms. The van der Waals surface area contributed by atoms with Crippen LogP contribution < -0.4 is 10.1 Å². The van der Waals surface area contributed by atoms with Crippen LogP contribution in [0.1, 0.15) is 5.56 Å². The Morgan fingerprint density at radius 1 is 1.04 bits per heavy atom. The summed E-state index contributed by atoms with van der Waals surface area (Å²) in [5.41, 5.74) is 2.83. The van der Waals surface area contributed by atoms with E-state index in [1.807, 2.05) is 48.5 Å². The third-order valence-corrected chi connectivity index (χ3v) is 3.95. The van der Waals surface area contributed by atoms with Crippen molar-refractivity contribution in [3.8, 4) is 5.75 Å². The van der Waals surface area contributed by atoms with E-state index in [-0.39, 0.29) is 0 Å². The van der Waals surface area contributed by atoms with Crippen molar-refractivity contribution >= 4 is 28.2 Å². The van der Waals surface area contributed by atoms with Crippen molar-refractivity contribution in [2.45, 2.75) is 6.54 Å². The maximum atomic E-state index is 6.30. The number of nitrogens with one attached hydrogen (secondary N) is 1. The highest BCUT2D eigenvalue weighted by Gasteiger charge is 2.05. The van der Waals surface area contributed by atoms with Crippen LogP contribution in [0.5, 0.6) is 5.75 Å². The normalized spacial score (nSPS) is 10.8. The maximum Gasteiger partial charge on any atom is 0.134 e. The molecule has 5 heteroatoms. The summed E-state index contributed by atoms with van der Waals surface area (Å²) < 4.78 is 10.6. The topological polar surface area (TPSA) is 43.4 Å². The number of pyridine rings is 1. The molecular formula is C19H19ClN2O2. The number of methoxy groups -OCH3 is 1. The van der Waals surface area contributed by atoms with Gasteiger partial charge in [-0.2, -0.15) is 0 Å². The van der Waals surface area contributed by atoms with Gasteiger partial charge in [0.2, 0.25) is 0 Å². The molecule has 0 aliphatic rings. The van der Waals surface area contributed by atoms with Crippen LogP contribution in [0, 0.1) is 0 Å². The molecule has 4 nitrogen and oxygen atoms in total. The first-order valence-electron chi connectivity index (χ1n) is 7.76. The predicted octanol–water partition coefficient (Wildman–Crippen LogP) is 4.53.